The molecular formula is C19H28N2O4S. The Balaban J connectivity index is 1.78. The number of carbonyl (C=O) groups excluding carboxylic acids is 1. The first-order valence-electron chi connectivity index (χ1n) is 9.49. The molecule has 1 amide bonds. The second kappa shape index (κ2) is 8.39. The minimum absolute atomic E-state index is 0.0808. The molecule has 1 saturated heterocycles. The molecule has 1 heterocycles. The highest BCUT2D eigenvalue weighted by atomic mass is 32.2. The molecule has 1 N–H and O–H groups in total. The van der Waals surface area contributed by atoms with Gasteiger partial charge in [0.25, 0.3) is 0 Å². The second-order valence-corrected chi connectivity index (χ2v) is 9.17. The zero-order valence-electron chi connectivity index (χ0n) is 15.4. The standard InChI is InChI=1S/C19H28N2O4S/c1-25-18-10-9-16(26(23,24)21-11-5-2-6-12-21)14-17(18)20-19(22)13-15-7-3-4-8-15/h9-10,14-15H,2-8,11-13H2,1H3,(H,20,22). The van der Waals surface area contributed by atoms with Crippen molar-refractivity contribution >= 4 is 21.6 Å². The van der Waals surface area contributed by atoms with Gasteiger partial charge in [-0.05, 0) is 49.8 Å². The minimum Gasteiger partial charge on any atom is -0.495 e. The maximum absolute atomic E-state index is 12.9. The zero-order valence-corrected chi connectivity index (χ0v) is 16.2. The van der Waals surface area contributed by atoms with E-state index in [9.17, 15) is 13.2 Å². The summed E-state index contributed by atoms with van der Waals surface area (Å²) in [5.74, 6) is 0.825. The number of nitrogens with zero attached hydrogens (tertiary/aromatic N) is 1. The molecule has 1 aromatic carbocycles. The number of rotatable bonds is 6. The normalized spacial score (nSPS) is 19.4. The predicted molar refractivity (Wildman–Crippen MR) is 101 cm³/mol. The Morgan fingerprint density at radius 1 is 1.15 bits per heavy atom. The fourth-order valence-electron chi connectivity index (χ4n) is 3.88. The summed E-state index contributed by atoms with van der Waals surface area (Å²) in [6.45, 7) is 1.11. The van der Waals surface area contributed by atoms with Crippen LogP contribution in [0.1, 0.15) is 51.4 Å². The van der Waals surface area contributed by atoms with Crippen LogP contribution in [0, 0.1) is 5.92 Å². The molecule has 2 fully saturated rings. The van der Waals surface area contributed by atoms with Gasteiger partial charge in [0.1, 0.15) is 5.75 Å². The van der Waals surface area contributed by atoms with Crippen LogP contribution in [0.25, 0.3) is 0 Å². The van der Waals surface area contributed by atoms with Crippen molar-refractivity contribution in [2.75, 3.05) is 25.5 Å². The van der Waals surface area contributed by atoms with Gasteiger partial charge in [0.05, 0.1) is 17.7 Å². The van der Waals surface area contributed by atoms with Gasteiger partial charge < -0.3 is 10.1 Å². The van der Waals surface area contributed by atoms with E-state index >= 15 is 0 Å². The van der Waals surface area contributed by atoms with Crippen molar-refractivity contribution < 1.29 is 17.9 Å². The van der Waals surface area contributed by atoms with E-state index in [-0.39, 0.29) is 10.8 Å². The van der Waals surface area contributed by atoms with E-state index in [1.165, 1.54) is 30.3 Å². The third kappa shape index (κ3) is 4.38. The third-order valence-corrected chi connectivity index (χ3v) is 7.24. The molecule has 0 atom stereocenters. The highest BCUT2D eigenvalue weighted by Crippen LogP contribution is 2.32. The van der Waals surface area contributed by atoms with Gasteiger partial charge in [-0.25, -0.2) is 8.42 Å². The number of anilines is 1. The lowest BCUT2D eigenvalue weighted by Gasteiger charge is -2.26. The maximum Gasteiger partial charge on any atom is 0.243 e. The molecule has 144 valence electrons. The quantitative estimate of drug-likeness (QED) is 0.821. The molecular weight excluding hydrogens is 352 g/mol. The highest BCUT2D eigenvalue weighted by molar-refractivity contribution is 7.89. The van der Waals surface area contributed by atoms with Crippen molar-refractivity contribution in [1.82, 2.24) is 4.31 Å². The van der Waals surface area contributed by atoms with E-state index < -0.39 is 10.0 Å². The van der Waals surface area contributed by atoms with E-state index in [0.29, 0.717) is 36.9 Å². The molecule has 0 unspecified atom stereocenters. The zero-order chi connectivity index (χ0) is 18.6. The third-order valence-electron chi connectivity index (χ3n) is 5.35. The van der Waals surface area contributed by atoms with Crippen molar-refractivity contribution in [3.05, 3.63) is 18.2 Å². The van der Waals surface area contributed by atoms with Gasteiger partial charge in [0.2, 0.25) is 15.9 Å². The molecule has 1 aliphatic carbocycles. The number of amides is 1. The lowest BCUT2D eigenvalue weighted by molar-refractivity contribution is -0.117. The molecule has 0 radical (unpaired) electrons. The number of methoxy groups -OCH3 is 1. The Bertz CT molecular complexity index is 736. The van der Waals surface area contributed by atoms with E-state index in [1.54, 1.807) is 12.1 Å². The van der Waals surface area contributed by atoms with Gasteiger partial charge in [-0.3, -0.25) is 4.79 Å². The predicted octanol–water partition coefficient (Wildman–Crippen LogP) is 3.39. The summed E-state index contributed by atoms with van der Waals surface area (Å²) in [5, 5.41) is 2.86. The Labute approximate surface area is 156 Å². The van der Waals surface area contributed by atoms with Crippen LogP contribution in [-0.4, -0.2) is 38.8 Å². The Hall–Kier alpha value is -1.60. The Morgan fingerprint density at radius 3 is 2.50 bits per heavy atom. The molecule has 2 aliphatic rings. The fourth-order valence-corrected chi connectivity index (χ4v) is 5.42. The SMILES string of the molecule is COc1ccc(S(=O)(=O)N2CCCCC2)cc1NC(=O)CC1CCCC1. The van der Waals surface area contributed by atoms with Crippen LogP contribution >= 0.6 is 0 Å². The topological polar surface area (TPSA) is 75.7 Å². The van der Waals surface area contributed by atoms with Gasteiger partial charge in [-0.2, -0.15) is 4.31 Å². The number of hydrogen-bond acceptors (Lipinski definition) is 4. The van der Waals surface area contributed by atoms with Gasteiger partial charge in [0.15, 0.2) is 0 Å². The van der Waals surface area contributed by atoms with Crippen molar-refractivity contribution in [2.45, 2.75) is 56.3 Å². The number of hydrogen-bond donors (Lipinski definition) is 1. The number of benzene rings is 1. The van der Waals surface area contributed by atoms with E-state index in [0.717, 1.165) is 32.1 Å². The summed E-state index contributed by atoms with van der Waals surface area (Å²) in [6, 6.07) is 4.69. The molecule has 0 aromatic heterocycles. The lowest BCUT2D eigenvalue weighted by Crippen LogP contribution is -2.35. The second-order valence-electron chi connectivity index (χ2n) is 7.23. The van der Waals surface area contributed by atoms with E-state index in [4.69, 9.17) is 4.74 Å². The average molecular weight is 381 g/mol. The molecule has 1 aromatic rings. The molecule has 0 spiro atoms. The lowest BCUT2D eigenvalue weighted by atomic mass is 10.0. The molecule has 3 rings (SSSR count). The monoisotopic (exact) mass is 380 g/mol. The summed E-state index contributed by atoms with van der Waals surface area (Å²) in [4.78, 5) is 12.6. The number of piperidine rings is 1. The van der Waals surface area contributed by atoms with Gasteiger partial charge in [-0.1, -0.05) is 19.3 Å². The van der Waals surface area contributed by atoms with Crippen LogP contribution in [0.4, 0.5) is 5.69 Å². The first-order valence-corrected chi connectivity index (χ1v) is 10.9. The number of sulfonamides is 1. The molecule has 6 nitrogen and oxygen atoms in total. The van der Waals surface area contributed by atoms with Gasteiger partial charge in [-0.15, -0.1) is 0 Å². The van der Waals surface area contributed by atoms with Crippen molar-refractivity contribution in [3.63, 3.8) is 0 Å². The summed E-state index contributed by atoms with van der Waals surface area (Å²) in [7, 11) is -2.03. The number of ether oxygens (including phenoxy) is 1. The van der Waals surface area contributed by atoms with Gasteiger partial charge >= 0.3 is 0 Å². The van der Waals surface area contributed by atoms with Crippen LogP contribution in [0.5, 0.6) is 5.75 Å². The van der Waals surface area contributed by atoms with Crippen LogP contribution in [-0.2, 0) is 14.8 Å². The van der Waals surface area contributed by atoms with Gasteiger partial charge in [0, 0.05) is 19.5 Å². The summed E-state index contributed by atoms with van der Waals surface area (Å²) in [5.41, 5.74) is 0.425. The highest BCUT2D eigenvalue weighted by Gasteiger charge is 2.27. The fraction of sp³-hybridized carbons (Fsp3) is 0.632. The number of nitrogens with one attached hydrogen (secondary N) is 1. The average Bonchev–Trinajstić information content (AvgIpc) is 3.15. The molecule has 1 saturated carbocycles. The summed E-state index contributed by atoms with van der Waals surface area (Å²) < 4.78 is 32.6. The smallest absolute Gasteiger partial charge is 0.243 e. The maximum atomic E-state index is 12.9. The molecule has 7 heteroatoms. The van der Waals surface area contributed by atoms with Crippen LogP contribution in [0.15, 0.2) is 23.1 Å². The first kappa shape index (κ1) is 19.2. The van der Waals surface area contributed by atoms with Crippen LogP contribution in [0.2, 0.25) is 0 Å². The molecule has 26 heavy (non-hydrogen) atoms. The van der Waals surface area contributed by atoms with Crippen molar-refractivity contribution in [3.8, 4) is 5.75 Å². The van der Waals surface area contributed by atoms with Crippen molar-refractivity contribution in [1.29, 1.82) is 0 Å². The summed E-state index contributed by atoms with van der Waals surface area (Å²) >= 11 is 0. The first-order chi connectivity index (χ1) is 12.5. The molecule has 0 bridgehead atoms. The number of carbonyl (C=O) groups is 1. The van der Waals surface area contributed by atoms with Crippen LogP contribution in [0.3, 0.4) is 0 Å². The Morgan fingerprint density at radius 2 is 1.85 bits per heavy atom. The van der Waals surface area contributed by atoms with Crippen molar-refractivity contribution in [2.24, 2.45) is 5.92 Å². The van der Waals surface area contributed by atoms with E-state index in [2.05, 4.69) is 5.32 Å². The Kier molecular flexibility index (Phi) is 6.19. The van der Waals surface area contributed by atoms with Crippen LogP contribution < -0.4 is 10.1 Å². The largest absolute Gasteiger partial charge is 0.495 e. The molecule has 1 aliphatic heterocycles. The summed E-state index contributed by atoms with van der Waals surface area (Å²) in [6.07, 6.45) is 7.88. The minimum atomic E-state index is -3.54. The van der Waals surface area contributed by atoms with E-state index in [1.807, 2.05) is 0 Å².